The molecule has 1 heterocycles. The molecule has 5 nitrogen and oxygen atoms in total. The van der Waals surface area contributed by atoms with Gasteiger partial charge >= 0.3 is 0 Å². The van der Waals surface area contributed by atoms with Crippen LogP contribution in [-0.2, 0) is 17.6 Å². The van der Waals surface area contributed by atoms with Crippen molar-refractivity contribution in [2.24, 2.45) is 0 Å². The highest BCUT2D eigenvalue weighted by Gasteiger charge is 2.08. The molecule has 28 heavy (non-hydrogen) atoms. The fourth-order valence-electron chi connectivity index (χ4n) is 2.10. The lowest BCUT2D eigenvalue weighted by atomic mass is 10.0. The summed E-state index contributed by atoms with van der Waals surface area (Å²) in [5.74, 6) is -0.852. The molecule has 6 heteroatoms. The number of amides is 1. The van der Waals surface area contributed by atoms with Gasteiger partial charge in [0, 0.05) is 19.3 Å². The first kappa shape index (κ1) is 9.67. The summed E-state index contributed by atoms with van der Waals surface area (Å²) < 4.78 is 99.3. The monoisotopic (exact) mass is 407 g/mol. The summed E-state index contributed by atoms with van der Waals surface area (Å²) in [5.41, 5.74) is 3.68. The number of aromatic nitrogens is 1. The lowest BCUT2D eigenvalue weighted by Gasteiger charge is -2.10. The highest BCUT2D eigenvalue weighted by Crippen LogP contribution is 2.20. The van der Waals surface area contributed by atoms with Crippen LogP contribution in [0.15, 0.2) is 59.9 Å². The average Bonchev–Trinajstić information content (AvgIpc) is 3.16. The third-order valence-corrected chi connectivity index (χ3v) is 3.98. The second kappa shape index (κ2) is 10.0. The summed E-state index contributed by atoms with van der Waals surface area (Å²) in [6.07, 6.45) is -14.6. The topological polar surface area (TPSA) is 88.2 Å². The van der Waals surface area contributed by atoms with Crippen LogP contribution >= 0.6 is 11.3 Å². The Morgan fingerprint density at radius 2 is 2.07 bits per heavy atom. The third kappa shape index (κ3) is 6.18. The number of carbonyl (C=O) groups excluding carboxylic acids is 1. The molecule has 0 aliphatic rings. The van der Waals surface area contributed by atoms with Gasteiger partial charge in [-0.2, -0.15) is 0 Å². The Hall–Kier alpha value is -2.70. The number of thiazole rings is 1. The molecular weight excluding hydrogens is 370 g/mol. The Bertz CT molecular complexity index is 1400. The molecule has 3 rings (SSSR count). The zero-order chi connectivity index (χ0) is 30.4. The van der Waals surface area contributed by atoms with Crippen LogP contribution in [0.3, 0.4) is 0 Å². The summed E-state index contributed by atoms with van der Waals surface area (Å²) in [6, 6.07) is 3.10. The highest BCUT2D eigenvalue weighted by atomic mass is 32.1. The van der Waals surface area contributed by atoms with Crippen molar-refractivity contribution in [3.8, 4) is 0 Å². The number of carbonyl (C=O) groups is 1. The van der Waals surface area contributed by atoms with Gasteiger partial charge in [-0.05, 0) is 42.3 Å². The summed E-state index contributed by atoms with van der Waals surface area (Å²) in [6.45, 7) is 0. The van der Waals surface area contributed by atoms with Gasteiger partial charge in [-0.1, -0.05) is 48.8 Å². The van der Waals surface area contributed by atoms with Crippen molar-refractivity contribution in [1.29, 1.82) is 0 Å². The van der Waals surface area contributed by atoms with E-state index in [0.717, 1.165) is 11.3 Å². The van der Waals surface area contributed by atoms with Gasteiger partial charge in [0.05, 0.1) is 26.4 Å². The minimum Gasteiger partial charge on any atom is -0.388 e. The summed E-state index contributed by atoms with van der Waals surface area (Å²) in [7, 11) is 0. The van der Waals surface area contributed by atoms with E-state index in [2.05, 4.69) is 10.3 Å². The number of nitrogens with zero attached hydrogens (tertiary/aromatic N) is 1. The second-order valence-corrected chi connectivity index (χ2v) is 6.27. The van der Waals surface area contributed by atoms with Crippen LogP contribution in [0.4, 0.5) is 10.8 Å². The number of aliphatic hydroxyl groups is 1. The van der Waals surface area contributed by atoms with Crippen LogP contribution in [0.1, 0.15) is 58.5 Å². The average molecular weight is 408 g/mol. The van der Waals surface area contributed by atoms with Crippen molar-refractivity contribution < 1.29 is 26.4 Å². The molecule has 0 unspecified atom stereocenters. The second-order valence-electron chi connectivity index (χ2n) is 5.45. The maximum absolute atomic E-state index is 12.5. The van der Waals surface area contributed by atoms with Gasteiger partial charge in [-0.25, -0.2) is 4.98 Å². The van der Waals surface area contributed by atoms with E-state index in [0.29, 0.717) is 0 Å². The number of anilines is 2. The molecule has 0 spiro atoms. The molecule has 1 amide bonds. The standard InChI is InChI=1S/C22H25N3O2S/c23-22-25-19(15-28-22)14-21(27)24-18-12-10-16(11-13-18)6-4-5-9-20(26)17-7-2-1-3-8-17/h1-3,7-8,10-13,15,20,26H,4-6,9,14H2,(H2,23,25)(H,24,27)/t20-/m0/s1/i4D2,6D2,9D2,10D,11D,12D,13D,15D,20D. The van der Waals surface area contributed by atoms with Gasteiger partial charge in [-0.3, -0.25) is 4.79 Å². The van der Waals surface area contributed by atoms with Crippen LogP contribution in [0.25, 0.3) is 0 Å². The van der Waals surface area contributed by atoms with Crippen molar-refractivity contribution in [2.75, 3.05) is 11.1 Å². The molecule has 0 aliphatic carbocycles. The molecule has 3 aromatic rings. The van der Waals surface area contributed by atoms with Crippen LogP contribution in [-0.4, -0.2) is 16.0 Å². The van der Waals surface area contributed by atoms with E-state index >= 15 is 0 Å². The smallest absolute Gasteiger partial charge is 0.230 e. The number of benzene rings is 2. The first-order valence-electron chi connectivity index (χ1n) is 14.1. The lowest BCUT2D eigenvalue weighted by molar-refractivity contribution is -0.115. The van der Waals surface area contributed by atoms with Crippen molar-refractivity contribution in [3.63, 3.8) is 0 Å². The quantitative estimate of drug-likeness (QED) is 0.492. The maximum Gasteiger partial charge on any atom is 0.230 e. The summed E-state index contributed by atoms with van der Waals surface area (Å²) in [5, 5.41) is 12.8. The Labute approximate surface area is 186 Å². The van der Waals surface area contributed by atoms with Crippen molar-refractivity contribution in [3.05, 3.63) is 76.7 Å². The first-order chi connectivity index (χ1) is 18.2. The van der Waals surface area contributed by atoms with E-state index in [1.165, 1.54) is 24.3 Å². The van der Waals surface area contributed by atoms with Gasteiger partial charge in [-0.15, -0.1) is 11.3 Å². The first-order valence-corrected chi connectivity index (χ1v) is 8.96. The predicted molar refractivity (Wildman–Crippen MR) is 114 cm³/mol. The highest BCUT2D eigenvalue weighted by molar-refractivity contribution is 7.13. The molecule has 0 fully saturated rings. The van der Waals surface area contributed by atoms with Crippen molar-refractivity contribution in [2.45, 2.75) is 38.0 Å². The van der Waals surface area contributed by atoms with E-state index in [4.69, 9.17) is 22.2 Å². The summed E-state index contributed by atoms with van der Waals surface area (Å²) >= 11 is 0.827. The number of nitrogens with two attached hydrogens (primary N) is 1. The molecule has 0 saturated carbocycles. The number of hydrogen-bond donors (Lipinski definition) is 3. The third-order valence-electron chi connectivity index (χ3n) is 3.34. The Morgan fingerprint density at radius 3 is 2.75 bits per heavy atom. The zero-order valence-electron chi connectivity index (χ0n) is 26.6. The minimum absolute atomic E-state index is 0.0236. The van der Waals surface area contributed by atoms with Gasteiger partial charge in [0.1, 0.15) is 0 Å². The van der Waals surface area contributed by atoms with E-state index in [1.54, 1.807) is 6.07 Å². The molecule has 0 aliphatic heterocycles. The zero-order valence-corrected chi connectivity index (χ0v) is 15.4. The molecule has 0 radical (unpaired) electrons. The van der Waals surface area contributed by atoms with Crippen LogP contribution in [0, 0.1) is 0 Å². The molecule has 1 atom stereocenters. The number of hydrogen-bond acceptors (Lipinski definition) is 5. The fourth-order valence-corrected chi connectivity index (χ4v) is 2.59. The maximum atomic E-state index is 12.5. The van der Waals surface area contributed by atoms with Gasteiger partial charge in [0.15, 0.2) is 5.13 Å². The van der Waals surface area contributed by atoms with Gasteiger partial charge in [0.25, 0.3) is 0 Å². The molecule has 0 saturated heterocycles. The predicted octanol–water partition coefficient (Wildman–Crippen LogP) is 4.35. The van der Waals surface area contributed by atoms with Crippen molar-refractivity contribution in [1.82, 2.24) is 4.98 Å². The molecule has 2 aromatic carbocycles. The number of nitrogen functional groups attached to an aromatic ring is 1. The molecular formula is C22H25N3O2S. The normalized spacial score (nSPS) is 20.8. The van der Waals surface area contributed by atoms with Gasteiger partial charge in [0.2, 0.25) is 5.91 Å². The molecule has 0 bridgehead atoms. The molecule has 1 aromatic heterocycles. The van der Waals surface area contributed by atoms with Crippen LogP contribution in [0.2, 0.25) is 0 Å². The SMILES string of the molecule is [2H]c1sc(N)nc1CC(=O)Nc1c([2H])c([2H])c(C([2H])([2H])C([2H])([2H])CC([2H])([2H])[C@]([2H])(O)c2ccccc2)c([2H])c1[2H]. The number of rotatable bonds is 9. The van der Waals surface area contributed by atoms with E-state index in [9.17, 15) is 9.90 Å². The number of nitrogens with one attached hydrogen (secondary N) is 1. The van der Waals surface area contributed by atoms with Gasteiger partial charge < -0.3 is 16.2 Å². The molecule has 146 valence electrons. The van der Waals surface area contributed by atoms with Crippen molar-refractivity contribution >= 4 is 28.1 Å². The lowest BCUT2D eigenvalue weighted by Crippen LogP contribution is -2.14. The fraction of sp³-hybridized carbons (Fsp3) is 0.273. The van der Waals surface area contributed by atoms with E-state index < -0.39 is 79.4 Å². The van der Waals surface area contributed by atoms with E-state index in [1.807, 2.05) is 0 Å². The Kier molecular flexibility index (Phi) is 3.46. The Balaban J connectivity index is 1.97. The van der Waals surface area contributed by atoms with Crippen LogP contribution < -0.4 is 11.1 Å². The largest absolute Gasteiger partial charge is 0.388 e. The Morgan fingerprint density at radius 1 is 1.32 bits per heavy atom. The molecule has 4 N–H and O–H groups in total. The summed E-state index contributed by atoms with van der Waals surface area (Å²) in [4.78, 5) is 16.3. The van der Waals surface area contributed by atoms with E-state index in [-0.39, 0.29) is 21.7 Å². The minimum atomic E-state index is -3.35. The van der Waals surface area contributed by atoms with Crippen LogP contribution in [0.5, 0.6) is 0 Å².